The maximum absolute atomic E-state index is 12.9. The molecule has 0 aliphatic carbocycles. The molecule has 1 aliphatic rings. The van der Waals surface area contributed by atoms with Crippen LogP contribution in [0.4, 0.5) is 0 Å². The zero-order valence-corrected chi connectivity index (χ0v) is 14.9. The first-order chi connectivity index (χ1) is 10.9. The van der Waals surface area contributed by atoms with Gasteiger partial charge in [0.2, 0.25) is 10.0 Å². The van der Waals surface area contributed by atoms with Crippen LogP contribution >= 0.6 is 0 Å². The summed E-state index contributed by atoms with van der Waals surface area (Å²) in [6.45, 7) is 8.10. The molecule has 1 saturated heterocycles. The summed E-state index contributed by atoms with van der Waals surface area (Å²) in [5.74, 6) is 1.01. The lowest BCUT2D eigenvalue weighted by molar-refractivity contribution is 0.287. The van der Waals surface area contributed by atoms with Crippen LogP contribution in [0.1, 0.15) is 27.2 Å². The molecule has 1 atom stereocenters. The van der Waals surface area contributed by atoms with Crippen LogP contribution in [0.3, 0.4) is 0 Å². The Morgan fingerprint density at radius 1 is 1.22 bits per heavy atom. The van der Waals surface area contributed by atoms with Gasteiger partial charge in [-0.05, 0) is 44.4 Å². The van der Waals surface area contributed by atoms with Gasteiger partial charge in [-0.3, -0.25) is 0 Å². The Morgan fingerprint density at radius 3 is 2.43 bits per heavy atom. The van der Waals surface area contributed by atoms with Crippen molar-refractivity contribution in [2.24, 2.45) is 11.1 Å². The molecule has 1 unspecified atom stereocenters. The summed E-state index contributed by atoms with van der Waals surface area (Å²) in [5, 5.41) is 0. The molecule has 1 fully saturated rings. The maximum Gasteiger partial charge on any atom is 0.243 e. The summed E-state index contributed by atoms with van der Waals surface area (Å²) in [6, 6.07) is 4.77. The van der Waals surface area contributed by atoms with E-state index >= 15 is 0 Å². The molecule has 23 heavy (non-hydrogen) atoms. The summed E-state index contributed by atoms with van der Waals surface area (Å²) in [7, 11) is -3.55. The lowest BCUT2D eigenvalue weighted by Gasteiger charge is -2.22. The molecule has 1 heterocycles. The molecule has 0 amide bonds. The summed E-state index contributed by atoms with van der Waals surface area (Å²) in [4.78, 5) is 0.227. The van der Waals surface area contributed by atoms with E-state index in [1.165, 1.54) is 4.31 Å². The van der Waals surface area contributed by atoms with Crippen molar-refractivity contribution in [1.29, 1.82) is 0 Å². The van der Waals surface area contributed by atoms with Crippen LogP contribution in [-0.4, -0.2) is 45.6 Å². The van der Waals surface area contributed by atoms with E-state index in [-0.39, 0.29) is 10.3 Å². The van der Waals surface area contributed by atoms with Crippen molar-refractivity contribution in [1.82, 2.24) is 4.31 Å². The van der Waals surface area contributed by atoms with E-state index in [0.29, 0.717) is 44.3 Å². The van der Waals surface area contributed by atoms with Crippen molar-refractivity contribution in [2.45, 2.75) is 32.1 Å². The number of sulfonamides is 1. The van der Waals surface area contributed by atoms with Gasteiger partial charge in [-0.25, -0.2) is 8.42 Å². The van der Waals surface area contributed by atoms with Crippen molar-refractivity contribution in [3.8, 4) is 11.5 Å². The van der Waals surface area contributed by atoms with Crippen molar-refractivity contribution in [3.63, 3.8) is 0 Å². The van der Waals surface area contributed by atoms with Gasteiger partial charge in [-0.2, -0.15) is 4.31 Å². The molecule has 1 aromatic rings. The van der Waals surface area contributed by atoms with Gasteiger partial charge < -0.3 is 15.2 Å². The van der Waals surface area contributed by atoms with E-state index in [0.717, 1.165) is 6.42 Å². The second-order valence-corrected chi connectivity index (χ2v) is 8.02. The van der Waals surface area contributed by atoms with Gasteiger partial charge in [0.05, 0.1) is 18.1 Å². The fourth-order valence-electron chi connectivity index (χ4n) is 2.69. The number of rotatable bonds is 7. The van der Waals surface area contributed by atoms with Crippen molar-refractivity contribution in [2.75, 3.05) is 32.8 Å². The van der Waals surface area contributed by atoms with E-state index in [9.17, 15) is 8.42 Å². The van der Waals surface area contributed by atoms with Crippen LogP contribution in [0.2, 0.25) is 0 Å². The number of nitrogens with zero attached hydrogens (tertiary/aromatic N) is 1. The van der Waals surface area contributed by atoms with Crippen LogP contribution < -0.4 is 15.2 Å². The minimum absolute atomic E-state index is 0.152. The second-order valence-electron chi connectivity index (χ2n) is 6.08. The number of hydrogen-bond acceptors (Lipinski definition) is 5. The third-order valence-corrected chi connectivity index (χ3v) is 6.01. The molecule has 0 saturated carbocycles. The highest BCUT2D eigenvalue weighted by Gasteiger charge is 2.39. The zero-order valence-electron chi connectivity index (χ0n) is 14.0. The van der Waals surface area contributed by atoms with Crippen LogP contribution in [0, 0.1) is 5.41 Å². The van der Waals surface area contributed by atoms with Crippen LogP contribution in [0.15, 0.2) is 23.1 Å². The lowest BCUT2D eigenvalue weighted by atomic mass is 9.90. The van der Waals surface area contributed by atoms with Crippen molar-refractivity contribution >= 4 is 10.0 Å². The minimum atomic E-state index is -3.55. The molecule has 2 rings (SSSR count). The highest BCUT2D eigenvalue weighted by atomic mass is 32.2. The molecule has 0 spiro atoms. The first-order valence-electron chi connectivity index (χ1n) is 7.96. The molecule has 1 aliphatic heterocycles. The van der Waals surface area contributed by atoms with Crippen molar-refractivity contribution < 1.29 is 17.9 Å². The smallest absolute Gasteiger partial charge is 0.243 e. The number of ether oxygens (including phenoxy) is 2. The predicted molar refractivity (Wildman–Crippen MR) is 89.3 cm³/mol. The average molecular weight is 342 g/mol. The highest BCUT2D eigenvalue weighted by molar-refractivity contribution is 7.89. The Morgan fingerprint density at radius 2 is 1.87 bits per heavy atom. The highest BCUT2D eigenvalue weighted by Crippen LogP contribution is 2.35. The Balaban J connectivity index is 2.31. The van der Waals surface area contributed by atoms with E-state index < -0.39 is 10.0 Å². The molecule has 7 heteroatoms. The van der Waals surface area contributed by atoms with Gasteiger partial charge in [0.15, 0.2) is 11.5 Å². The summed E-state index contributed by atoms with van der Waals surface area (Å²) in [6.07, 6.45) is 0.776. The number of hydrogen-bond donors (Lipinski definition) is 1. The van der Waals surface area contributed by atoms with Gasteiger partial charge in [0.1, 0.15) is 0 Å². The largest absolute Gasteiger partial charge is 0.490 e. The van der Waals surface area contributed by atoms with Gasteiger partial charge in [-0.1, -0.05) is 6.92 Å². The fourth-order valence-corrected chi connectivity index (χ4v) is 4.30. The molecular formula is C16H26N2O4S. The van der Waals surface area contributed by atoms with Gasteiger partial charge >= 0.3 is 0 Å². The van der Waals surface area contributed by atoms with Crippen LogP contribution in [0.25, 0.3) is 0 Å². The molecule has 2 N–H and O–H groups in total. The third-order valence-electron chi connectivity index (χ3n) is 4.17. The van der Waals surface area contributed by atoms with Gasteiger partial charge in [0, 0.05) is 19.2 Å². The Hall–Kier alpha value is -1.31. The van der Waals surface area contributed by atoms with E-state index in [1.54, 1.807) is 18.2 Å². The Kier molecular flexibility index (Phi) is 5.54. The van der Waals surface area contributed by atoms with Crippen LogP contribution in [0.5, 0.6) is 11.5 Å². The number of nitrogens with two attached hydrogens (primary N) is 1. The second kappa shape index (κ2) is 7.07. The van der Waals surface area contributed by atoms with E-state index in [1.807, 2.05) is 20.8 Å². The summed E-state index contributed by atoms with van der Waals surface area (Å²) < 4.78 is 38.2. The first-order valence-corrected chi connectivity index (χ1v) is 9.40. The van der Waals surface area contributed by atoms with Crippen LogP contribution in [-0.2, 0) is 10.0 Å². The predicted octanol–water partition coefficient (Wildman–Crippen LogP) is 1.84. The zero-order chi connectivity index (χ0) is 17.1. The average Bonchev–Trinajstić information content (AvgIpc) is 2.93. The lowest BCUT2D eigenvalue weighted by Crippen LogP contribution is -2.34. The normalized spacial score (nSPS) is 22.3. The summed E-state index contributed by atoms with van der Waals surface area (Å²) in [5.41, 5.74) is 5.62. The van der Waals surface area contributed by atoms with Crippen molar-refractivity contribution in [3.05, 3.63) is 18.2 Å². The minimum Gasteiger partial charge on any atom is -0.490 e. The standard InChI is InChI=1S/C16H26N2O4S/c1-4-21-14-7-6-13(10-15(14)22-5-2)23(19,20)18-9-8-16(3,11-17)12-18/h6-7,10H,4-5,8-9,11-12,17H2,1-3H3. The third kappa shape index (κ3) is 3.79. The van der Waals surface area contributed by atoms with E-state index in [2.05, 4.69) is 0 Å². The number of benzene rings is 1. The van der Waals surface area contributed by atoms with Gasteiger partial charge in [0.25, 0.3) is 0 Å². The molecule has 0 bridgehead atoms. The fraction of sp³-hybridized carbons (Fsp3) is 0.625. The molecule has 1 aromatic carbocycles. The topological polar surface area (TPSA) is 81.9 Å². The molecule has 0 aromatic heterocycles. The SMILES string of the molecule is CCOc1ccc(S(=O)(=O)N2CCC(C)(CN)C2)cc1OCC. The molecule has 0 radical (unpaired) electrons. The molecule has 6 nitrogen and oxygen atoms in total. The molecule has 130 valence electrons. The Bertz CT molecular complexity index is 647. The summed E-state index contributed by atoms with van der Waals surface area (Å²) >= 11 is 0. The first kappa shape index (κ1) is 18.0. The monoisotopic (exact) mass is 342 g/mol. The quantitative estimate of drug-likeness (QED) is 0.818. The van der Waals surface area contributed by atoms with E-state index in [4.69, 9.17) is 15.2 Å². The maximum atomic E-state index is 12.9. The van der Waals surface area contributed by atoms with Gasteiger partial charge in [-0.15, -0.1) is 0 Å². The molecular weight excluding hydrogens is 316 g/mol. The Labute approximate surface area is 138 Å².